The Morgan fingerprint density at radius 1 is 1.04 bits per heavy atom. The smallest absolute Gasteiger partial charge is 0.259 e. The first kappa shape index (κ1) is 16.7. The van der Waals surface area contributed by atoms with E-state index in [-0.39, 0.29) is 11.6 Å². The Hall–Kier alpha value is -2.76. The van der Waals surface area contributed by atoms with Gasteiger partial charge in [0.2, 0.25) is 0 Å². The van der Waals surface area contributed by atoms with E-state index in [2.05, 4.69) is 58.8 Å². The van der Waals surface area contributed by atoms with Crippen LogP contribution in [0.5, 0.6) is 0 Å². The molecule has 0 aliphatic heterocycles. The summed E-state index contributed by atoms with van der Waals surface area (Å²) in [5.74, 6) is 0. The van der Waals surface area contributed by atoms with Gasteiger partial charge in [-0.3, -0.25) is 9.20 Å². The van der Waals surface area contributed by atoms with Crippen molar-refractivity contribution in [1.29, 1.82) is 0 Å². The molecule has 2 heterocycles. The summed E-state index contributed by atoms with van der Waals surface area (Å²) in [6.07, 6.45) is 0. The lowest BCUT2D eigenvalue weighted by atomic mass is 9.99. The molecule has 0 saturated carbocycles. The van der Waals surface area contributed by atoms with Crippen molar-refractivity contribution in [2.45, 2.75) is 19.5 Å². The minimum Gasteiger partial charge on any atom is -0.331 e. The second-order valence-electron chi connectivity index (χ2n) is 6.32. The van der Waals surface area contributed by atoms with E-state index in [1.165, 1.54) is 22.5 Å². The van der Waals surface area contributed by atoms with Crippen molar-refractivity contribution < 1.29 is 5.32 Å². The fraction of sp³-hybridized carbons (Fsp3) is 0.143. The molecule has 0 spiro atoms. The number of quaternary nitrogens is 1. The molecule has 0 atom stereocenters. The van der Waals surface area contributed by atoms with Gasteiger partial charge in [-0.15, -0.1) is 11.3 Å². The van der Waals surface area contributed by atoms with E-state index in [1.54, 1.807) is 10.5 Å². The maximum Gasteiger partial charge on any atom is 0.259 e. The molecule has 4 nitrogen and oxygen atoms in total. The van der Waals surface area contributed by atoms with E-state index in [1.807, 2.05) is 24.4 Å². The van der Waals surface area contributed by atoms with Crippen LogP contribution in [-0.2, 0) is 6.54 Å². The summed E-state index contributed by atoms with van der Waals surface area (Å²) in [6.45, 7) is 2.58. The summed E-state index contributed by atoms with van der Waals surface area (Å²) in [7, 11) is 0. The Balaban J connectivity index is 1.64. The third-order valence-electron chi connectivity index (χ3n) is 4.51. The first-order valence-corrected chi connectivity index (χ1v) is 9.50. The first-order chi connectivity index (χ1) is 12.7. The molecule has 2 aromatic carbocycles. The van der Waals surface area contributed by atoms with Crippen molar-refractivity contribution in [2.75, 3.05) is 0 Å². The summed E-state index contributed by atoms with van der Waals surface area (Å²) < 4.78 is 1.67. The number of rotatable bonds is 5. The number of thiazole rings is 1. The zero-order valence-electron chi connectivity index (χ0n) is 14.5. The highest BCUT2D eigenvalue weighted by Gasteiger charge is 2.18. The van der Waals surface area contributed by atoms with Crippen LogP contribution in [0.2, 0.25) is 0 Å². The number of fused-ring (bicyclic) bond motifs is 1. The lowest BCUT2D eigenvalue weighted by Gasteiger charge is -2.16. The Labute approximate surface area is 155 Å². The van der Waals surface area contributed by atoms with Gasteiger partial charge in [0.25, 0.3) is 5.56 Å². The summed E-state index contributed by atoms with van der Waals surface area (Å²) >= 11 is 1.51. The lowest BCUT2D eigenvalue weighted by molar-refractivity contribution is -0.702. The molecule has 0 radical (unpaired) electrons. The number of benzene rings is 2. The van der Waals surface area contributed by atoms with Gasteiger partial charge in [-0.05, 0) is 6.92 Å². The van der Waals surface area contributed by atoms with E-state index in [9.17, 15) is 4.79 Å². The largest absolute Gasteiger partial charge is 0.331 e. The van der Waals surface area contributed by atoms with Crippen LogP contribution >= 0.6 is 11.3 Å². The van der Waals surface area contributed by atoms with Gasteiger partial charge in [0.1, 0.15) is 18.3 Å². The van der Waals surface area contributed by atoms with Crippen molar-refractivity contribution in [3.63, 3.8) is 0 Å². The highest BCUT2D eigenvalue weighted by Crippen LogP contribution is 2.18. The van der Waals surface area contributed by atoms with Crippen LogP contribution < -0.4 is 10.9 Å². The van der Waals surface area contributed by atoms with Gasteiger partial charge in [0.05, 0.1) is 0 Å². The summed E-state index contributed by atoms with van der Waals surface area (Å²) in [4.78, 5) is 17.8. The number of nitrogens with zero attached hydrogens (tertiary/aromatic N) is 2. The van der Waals surface area contributed by atoms with Gasteiger partial charge < -0.3 is 5.32 Å². The zero-order chi connectivity index (χ0) is 17.9. The number of aryl methyl sites for hydroxylation is 1. The molecular weight excluding hydrogens is 342 g/mol. The van der Waals surface area contributed by atoms with Crippen LogP contribution in [-0.4, -0.2) is 9.38 Å². The van der Waals surface area contributed by atoms with Crippen molar-refractivity contribution in [1.82, 2.24) is 9.38 Å². The number of hydrogen-bond donors (Lipinski definition) is 1. The number of nitrogens with two attached hydrogens (primary N) is 1. The molecule has 4 rings (SSSR count). The third-order valence-corrected chi connectivity index (χ3v) is 5.45. The summed E-state index contributed by atoms with van der Waals surface area (Å²) in [6, 6.07) is 22.7. The van der Waals surface area contributed by atoms with Crippen LogP contribution in [0.25, 0.3) is 4.96 Å². The fourth-order valence-electron chi connectivity index (χ4n) is 3.23. The van der Waals surface area contributed by atoms with Crippen LogP contribution in [0, 0.1) is 6.92 Å². The predicted octanol–water partition coefficient (Wildman–Crippen LogP) is 2.92. The minimum absolute atomic E-state index is 0.00637. The second-order valence-corrected chi connectivity index (χ2v) is 7.16. The molecule has 0 fully saturated rings. The molecule has 4 aromatic rings. The van der Waals surface area contributed by atoms with Crippen molar-refractivity contribution in [3.8, 4) is 0 Å². The Morgan fingerprint density at radius 3 is 2.27 bits per heavy atom. The first-order valence-electron chi connectivity index (χ1n) is 8.62. The van der Waals surface area contributed by atoms with Crippen LogP contribution in [0.1, 0.15) is 28.6 Å². The van der Waals surface area contributed by atoms with Gasteiger partial charge in [0.15, 0.2) is 4.96 Å². The molecule has 0 saturated heterocycles. The van der Waals surface area contributed by atoms with Crippen molar-refractivity contribution in [2.24, 2.45) is 0 Å². The molecule has 0 bridgehead atoms. The van der Waals surface area contributed by atoms with Gasteiger partial charge in [0, 0.05) is 28.3 Å². The molecule has 130 valence electrons. The summed E-state index contributed by atoms with van der Waals surface area (Å²) in [5, 5.41) is 4.21. The third kappa shape index (κ3) is 3.31. The number of aromatic nitrogens is 2. The van der Waals surface area contributed by atoms with Crippen molar-refractivity contribution in [3.05, 3.63) is 105 Å². The van der Waals surface area contributed by atoms with Gasteiger partial charge in [-0.25, -0.2) is 4.98 Å². The quantitative estimate of drug-likeness (QED) is 0.593. The van der Waals surface area contributed by atoms with E-state index in [0.29, 0.717) is 6.54 Å². The molecule has 5 heteroatoms. The number of hydrogen-bond acceptors (Lipinski definition) is 3. The van der Waals surface area contributed by atoms with Gasteiger partial charge in [-0.2, -0.15) is 0 Å². The normalized spacial score (nSPS) is 11.3. The molecule has 2 aromatic heterocycles. The zero-order valence-corrected chi connectivity index (χ0v) is 15.3. The SMILES string of the molecule is Cc1csc2nc(C[NH2+]C(c3ccccc3)c3ccccc3)cc(=O)n12. The minimum atomic E-state index is -0.00637. The standard InChI is InChI=1S/C21H19N3OS/c1-15-14-26-21-23-18(12-19(25)24(15)21)13-22-20(16-8-4-2-5-9-16)17-10-6-3-7-11-17/h2-12,14,20,22H,13H2,1H3/p+1. The van der Waals surface area contributed by atoms with Crippen molar-refractivity contribution >= 4 is 16.3 Å². The molecule has 0 amide bonds. The Bertz CT molecular complexity index is 1030. The summed E-state index contributed by atoms with van der Waals surface area (Å²) in [5.41, 5.74) is 4.22. The van der Waals surface area contributed by atoms with Crippen LogP contribution in [0.4, 0.5) is 0 Å². The molecule has 0 unspecified atom stereocenters. The molecule has 26 heavy (non-hydrogen) atoms. The fourth-order valence-corrected chi connectivity index (χ4v) is 4.12. The van der Waals surface area contributed by atoms with E-state index in [0.717, 1.165) is 16.3 Å². The molecule has 2 N–H and O–H groups in total. The highest BCUT2D eigenvalue weighted by molar-refractivity contribution is 7.15. The monoisotopic (exact) mass is 362 g/mol. The maximum atomic E-state index is 12.4. The molecular formula is C21H20N3OS+. The highest BCUT2D eigenvalue weighted by atomic mass is 32.1. The van der Waals surface area contributed by atoms with E-state index in [4.69, 9.17) is 0 Å². The van der Waals surface area contributed by atoms with Gasteiger partial charge in [-0.1, -0.05) is 60.7 Å². The predicted molar refractivity (Wildman–Crippen MR) is 104 cm³/mol. The van der Waals surface area contributed by atoms with E-state index >= 15 is 0 Å². The Morgan fingerprint density at radius 2 is 1.65 bits per heavy atom. The topological polar surface area (TPSA) is 51.0 Å². The second kappa shape index (κ2) is 7.23. The van der Waals surface area contributed by atoms with E-state index < -0.39 is 0 Å². The average Bonchev–Trinajstić information content (AvgIpc) is 3.05. The molecule has 0 aliphatic rings. The van der Waals surface area contributed by atoms with Gasteiger partial charge >= 0.3 is 0 Å². The average molecular weight is 362 g/mol. The maximum absolute atomic E-state index is 12.4. The lowest BCUT2D eigenvalue weighted by Crippen LogP contribution is -2.84. The Kier molecular flexibility index (Phi) is 4.65. The molecule has 0 aliphatic carbocycles. The van der Waals surface area contributed by atoms with Crippen LogP contribution in [0.3, 0.4) is 0 Å². The van der Waals surface area contributed by atoms with Crippen LogP contribution in [0.15, 0.2) is 76.9 Å².